The molecule has 0 aromatic carbocycles. The lowest BCUT2D eigenvalue weighted by Crippen LogP contribution is -2.48. The summed E-state index contributed by atoms with van der Waals surface area (Å²) in [5.41, 5.74) is 9.50. The molecule has 4 nitrogen and oxygen atoms in total. The van der Waals surface area contributed by atoms with Gasteiger partial charge in [-0.25, -0.2) is 0 Å². The number of hydrogen-bond donors (Lipinski definition) is 2. The van der Waals surface area contributed by atoms with Gasteiger partial charge in [0.25, 0.3) is 0 Å². The molecule has 0 heterocycles. The number of nitroso groups, excluding NO2 is 1. The summed E-state index contributed by atoms with van der Waals surface area (Å²) in [6, 6.07) is 0. The first-order valence-electron chi connectivity index (χ1n) is 2.36. The van der Waals surface area contributed by atoms with Gasteiger partial charge in [-0.3, -0.25) is 0 Å². The summed E-state index contributed by atoms with van der Waals surface area (Å²) in [5, 5.41) is 2.72. The molecule has 48 valence electrons. The van der Waals surface area contributed by atoms with Crippen LogP contribution in [-0.2, 0) is 0 Å². The molecule has 0 fully saturated rings. The number of nitrogens with zero attached hydrogens (tertiary/aromatic N) is 1. The Balaban J connectivity index is 3.90. The van der Waals surface area contributed by atoms with E-state index in [-0.39, 0.29) is 0 Å². The van der Waals surface area contributed by atoms with Gasteiger partial charge in [0.15, 0.2) is 0 Å². The highest BCUT2D eigenvalue weighted by Crippen LogP contribution is 2.07. The van der Waals surface area contributed by atoms with Crippen molar-refractivity contribution in [1.29, 1.82) is 0 Å². The molecule has 0 saturated heterocycles. The molecule has 0 saturated carbocycles. The molecule has 0 unspecified atom stereocenters. The second kappa shape index (κ2) is 2.19. The second-order valence-electron chi connectivity index (χ2n) is 2.27. The minimum Gasteiger partial charge on any atom is -0.314 e. The predicted molar refractivity (Wildman–Crippen MR) is 32.0 cm³/mol. The summed E-state index contributed by atoms with van der Waals surface area (Å²) in [6.07, 6.45) is -0.667. The molecule has 0 aromatic heterocycles. The van der Waals surface area contributed by atoms with Crippen LogP contribution in [0.5, 0.6) is 0 Å². The van der Waals surface area contributed by atoms with Gasteiger partial charge in [-0.2, -0.15) is 4.91 Å². The molecule has 0 rings (SSSR count). The molecule has 0 aliphatic rings. The van der Waals surface area contributed by atoms with E-state index in [4.69, 9.17) is 11.5 Å². The first-order valence-corrected chi connectivity index (χ1v) is 2.36. The molecule has 8 heavy (non-hydrogen) atoms. The lowest BCUT2D eigenvalue weighted by molar-refractivity contribution is 0.418. The van der Waals surface area contributed by atoms with Crippen LogP contribution in [0.1, 0.15) is 13.8 Å². The maximum absolute atomic E-state index is 9.86. The maximum Gasteiger partial charge on any atom is 0.125 e. The SMILES string of the molecule is CC(C)(N=O)C(N)N. The monoisotopic (exact) mass is 117 g/mol. The lowest BCUT2D eigenvalue weighted by Gasteiger charge is -2.18. The first kappa shape index (κ1) is 7.52. The van der Waals surface area contributed by atoms with Crippen LogP contribution >= 0.6 is 0 Å². The van der Waals surface area contributed by atoms with Gasteiger partial charge in [0.05, 0.1) is 6.17 Å². The molecular weight excluding hydrogens is 106 g/mol. The zero-order valence-electron chi connectivity index (χ0n) is 5.09. The molecule has 0 aliphatic heterocycles. The Kier molecular flexibility index (Phi) is 2.06. The topological polar surface area (TPSA) is 81.5 Å². The summed E-state index contributed by atoms with van der Waals surface area (Å²) < 4.78 is 0. The fourth-order valence-electron chi connectivity index (χ4n) is 0.0609. The number of hydrogen-bond acceptors (Lipinski definition) is 4. The maximum atomic E-state index is 9.86. The minimum atomic E-state index is -0.833. The van der Waals surface area contributed by atoms with Crippen molar-refractivity contribution in [3.8, 4) is 0 Å². The summed E-state index contributed by atoms with van der Waals surface area (Å²) in [4.78, 5) is 9.86. The summed E-state index contributed by atoms with van der Waals surface area (Å²) >= 11 is 0. The van der Waals surface area contributed by atoms with Crippen molar-refractivity contribution in [2.75, 3.05) is 0 Å². The Morgan fingerprint density at radius 3 is 1.88 bits per heavy atom. The van der Waals surface area contributed by atoms with E-state index in [0.717, 1.165) is 0 Å². The van der Waals surface area contributed by atoms with Gasteiger partial charge >= 0.3 is 0 Å². The summed E-state index contributed by atoms with van der Waals surface area (Å²) in [6.45, 7) is 3.18. The van der Waals surface area contributed by atoms with Crippen molar-refractivity contribution >= 4 is 0 Å². The van der Waals surface area contributed by atoms with Crippen molar-refractivity contribution in [2.24, 2.45) is 16.6 Å². The van der Waals surface area contributed by atoms with Crippen molar-refractivity contribution in [3.05, 3.63) is 4.91 Å². The molecule has 4 N–H and O–H groups in total. The molecule has 0 aliphatic carbocycles. The van der Waals surface area contributed by atoms with Crippen LogP contribution in [0.2, 0.25) is 0 Å². The highest BCUT2D eigenvalue weighted by Gasteiger charge is 2.23. The highest BCUT2D eigenvalue weighted by molar-refractivity contribution is 4.83. The third kappa shape index (κ3) is 1.55. The standard InChI is InChI=1S/C4H11N3O/c1-4(2,7-8)3(5)6/h3H,5-6H2,1-2H3. The zero-order valence-corrected chi connectivity index (χ0v) is 5.09. The van der Waals surface area contributed by atoms with Crippen LogP contribution in [0.3, 0.4) is 0 Å². The third-order valence-corrected chi connectivity index (χ3v) is 1.05. The Morgan fingerprint density at radius 1 is 1.50 bits per heavy atom. The van der Waals surface area contributed by atoms with E-state index in [0.29, 0.717) is 0 Å². The quantitative estimate of drug-likeness (QED) is 0.387. The van der Waals surface area contributed by atoms with Gasteiger partial charge in [-0.1, -0.05) is 5.18 Å². The van der Waals surface area contributed by atoms with Gasteiger partial charge in [0, 0.05) is 0 Å². The fourth-order valence-corrected chi connectivity index (χ4v) is 0.0609. The summed E-state index contributed by atoms with van der Waals surface area (Å²) in [7, 11) is 0. The second-order valence-corrected chi connectivity index (χ2v) is 2.27. The van der Waals surface area contributed by atoms with Crippen molar-refractivity contribution < 1.29 is 0 Å². The van der Waals surface area contributed by atoms with Gasteiger partial charge in [-0.15, -0.1) is 0 Å². The van der Waals surface area contributed by atoms with E-state index in [1.165, 1.54) is 0 Å². The lowest BCUT2D eigenvalue weighted by atomic mass is 10.0. The van der Waals surface area contributed by atoms with Gasteiger partial charge in [-0.05, 0) is 13.8 Å². The van der Waals surface area contributed by atoms with Crippen LogP contribution in [0.4, 0.5) is 0 Å². The zero-order chi connectivity index (χ0) is 6.78. The third-order valence-electron chi connectivity index (χ3n) is 1.05. The molecule has 0 spiro atoms. The highest BCUT2D eigenvalue weighted by atomic mass is 16.3. The van der Waals surface area contributed by atoms with E-state index in [2.05, 4.69) is 5.18 Å². The van der Waals surface area contributed by atoms with Gasteiger partial charge < -0.3 is 11.5 Å². The summed E-state index contributed by atoms with van der Waals surface area (Å²) in [5.74, 6) is 0. The van der Waals surface area contributed by atoms with E-state index >= 15 is 0 Å². The predicted octanol–water partition coefficient (Wildman–Crippen LogP) is -0.225. The fraction of sp³-hybridized carbons (Fsp3) is 1.00. The Hall–Kier alpha value is -0.480. The van der Waals surface area contributed by atoms with Crippen LogP contribution in [-0.4, -0.2) is 11.7 Å². The van der Waals surface area contributed by atoms with Gasteiger partial charge in [0.2, 0.25) is 0 Å². The molecule has 0 bridgehead atoms. The van der Waals surface area contributed by atoms with E-state index in [1.54, 1.807) is 13.8 Å². The minimum absolute atomic E-state index is 0.667. The average molecular weight is 117 g/mol. The molecule has 0 atom stereocenters. The van der Waals surface area contributed by atoms with Crippen LogP contribution in [0.15, 0.2) is 5.18 Å². The normalized spacial score (nSPS) is 12.1. The Bertz CT molecular complexity index is 89.3. The van der Waals surface area contributed by atoms with E-state index in [9.17, 15) is 4.91 Å². The van der Waals surface area contributed by atoms with Crippen LogP contribution in [0.25, 0.3) is 0 Å². The molecular formula is C4H11N3O. The molecule has 0 aromatic rings. The molecule has 0 amide bonds. The van der Waals surface area contributed by atoms with Crippen molar-refractivity contribution in [2.45, 2.75) is 25.6 Å². The smallest absolute Gasteiger partial charge is 0.125 e. The van der Waals surface area contributed by atoms with Crippen LogP contribution < -0.4 is 11.5 Å². The van der Waals surface area contributed by atoms with Crippen molar-refractivity contribution in [3.63, 3.8) is 0 Å². The molecule has 4 heteroatoms. The van der Waals surface area contributed by atoms with Gasteiger partial charge in [0.1, 0.15) is 5.54 Å². The van der Waals surface area contributed by atoms with E-state index < -0.39 is 11.7 Å². The van der Waals surface area contributed by atoms with Crippen LogP contribution in [0, 0.1) is 4.91 Å². The largest absolute Gasteiger partial charge is 0.314 e. The first-order chi connectivity index (χ1) is 3.50. The van der Waals surface area contributed by atoms with Crippen molar-refractivity contribution in [1.82, 2.24) is 0 Å². The average Bonchev–Trinajstić information content (AvgIpc) is 1.67. The number of nitrogens with two attached hydrogens (primary N) is 2. The number of rotatable bonds is 2. The Labute approximate surface area is 48.2 Å². The molecule has 0 radical (unpaired) electrons. The van der Waals surface area contributed by atoms with E-state index in [1.807, 2.05) is 0 Å². The Morgan fingerprint density at radius 2 is 1.88 bits per heavy atom.